The minimum absolute atomic E-state index is 0.153. The SMILES string of the molecule is O=C1NCCc2ccc3c(c21)CCCCC3. The van der Waals surface area contributed by atoms with Crippen LogP contribution in [-0.2, 0) is 19.3 Å². The quantitative estimate of drug-likeness (QED) is 0.661. The van der Waals surface area contributed by atoms with Crippen molar-refractivity contribution in [1.82, 2.24) is 5.32 Å². The molecule has 0 atom stereocenters. The Kier molecular flexibility index (Phi) is 2.43. The molecule has 1 aromatic rings. The number of benzene rings is 1. The fourth-order valence-corrected chi connectivity index (χ4v) is 2.94. The lowest BCUT2D eigenvalue weighted by Gasteiger charge is -2.21. The van der Waals surface area contributed by atoms with E-state index in [0.29, 0.717) is 0 Å². The van der Waals surface area contributed by atoms with E-state index < -0.39 is 0 Å². The van der Waals surface area contributed by atoms with E-state index in [0.717, 1.165) is 31.4 Å². The van der Waals surface area contributed by atoms with Gasteiger partial charge >= 0.3 is 0 Å². The van der Waals surface area contributed by atoms with Gasteiger partial charge in [-0.3, -0.25) is 4.79 Å². The Hall–Kier alpha value is -1.31. The zero-order chi connectivity index (χ0) is 11.0. The molecule has 0 unspecified atom stereocenters. The lowest BCUT2D eigenvalue weighted by Crippen LogP contribution is -2.33. The smallest absolute Gasteiger partial charge is 0.251 e. The number of carbonyl (C=O) groups is 1. The summed E-state index contributed by atoms with van der Waals surface area (Å²) < 4.78 is 0. The standard InChI is InChI=1S/C14H17NO/c16-14-13-11(8-9-15-14)7-6-10-4-2-1-3-5-12(10)13/h6-7H,1-5,8-9H2,(H,15,16). The Morgan fingerprint density at radius 3 is 2.69 bits per heavy atom. The molecule has 0 spiro atoms. The van der Waals surface area contributed by atoms with Crippen LogP contribution in [0.1, 0.15) is 46.3 Å². The van der Waals surface area contributed by atoms with E-state index in [-0.39, 0.29) is 5.91 Å². The number of nitrogens with one attached hydrogen (secondary N) is 1. The van der Waals surface area contributed by atoms with E-state index in [9.17, 15) is 4.79 Å². The molecule has 1 N–H and O–H groups in total. The first-order chi connectivity index (χ1) is 7.86. The Balaban J connectivity index is 2.15. The van der Waals surface area contributed by atoms with Crippen LogP contribution in [0.5, 0.6) is 0 Å². The second-order valence-electron chi connectivity index (χ2n) is 4.80. The van der Waals surface area contributed by atoms with Gasteiger partial charge in [0.2, 0.25) is 0 Å². The average molecular weight is 215 g/mol. The summed E-state index contributed by atoms with van der Waals surface area (Å²) in [7, 11) is 0. The van der Waals surface area contributed by atoms with Crippen molar-refractivity contribution < 1.29 is 4.79 Å². The van der Waals surface area contributed by atoms with Crippen LogP contribution in [0.3, 0.4) is 0 Å². The van der Waals surface area contributed by atoms with E-state index in [2.05, 4.69) is 17.4 Å². The van der Waals surface area contributed by atoms with Gasteiger partial charge in [-0.2, -0.15) is 0 Å². The molecule has 2 heteroatoms. The highest BCUT2D eigenvalue weighted by molar-refractivity contribution is 5.98. The van der Waals surface area contributed by atoms with Crippen LogP contribution in [0.2, 0.25) is 0 Å². The Morgan fingerprint density at radius 2 is 1.75 bits per heavy atom. The lowest BCUT2D eigenvalue weighted by atomic mass is 9.89. The normalized spacial score (nSPS) is 19.4. The van der Waals surface area contributed by atoms with Crippen molar-refractivity contribution in [2.45, 2.75) is 38.5 Å². The molecule has 0 fully saturated rings. The minimum atomic E-state index is 0.153. The lowest BCUT2D eigenvalue weighted by molar-refractivity contribution is 0.0945. The molecule has 0 aromatic heterocycles. The van der Waals surface area contributed by atoms with E-state index >= 15 is 0 Å². The van der Waals surface area contributed by atoms with E-state index in [1.54, 1.807) is 0 Å². The van der Waals surface area contributed by atoms with Crippen molar-refractivity contribution >= 4 is 5.91 Å². The van der Waals surface area contributed by atoms with Crippen LogP contribution >= 0.6 is 0 Å². The summed E-state index contributed by atoms with van der Waals surface area (Å²) >= 11 is 0. The predicted octanol–water partition coefficient (Wildman–Crippen LogP) is 2.24. The van der Waals surface area contributed by atoms with E-state index in [1.165, 1.54) is 36.0 Å². The molecule has 16 heavy (non-hydrogen) atoms. The second kappa shape index (κ2) is 3.93. The van der Waals surface area contributed by atoms with Gasteiger partial charge in [-0.15, -0.1) is 0 Å². The van der Waals surface area contributed by atoms with Crippen LogP contribution in [0, 0.1) is 0 Å². The molecule has 0 radical (unpaired) electrons. The van der Waals surface area contributed by atoms with Gasteiger partial charge < -0.3 is 5.32 Å². The molecule has 0 saturated heterocycles. The van der Waals surface area contributed by atoms with Crippen molar-refractivity contribution in [1.29, 1.82) is 0 Å². The largest absolute Gasteiger partial charge is 0.352 e. The first kappa shape index (κ1) is 9.88. The fraction of sp³-hybridized carbons (Fsp3) is 0.500. The Morgan fingerprint density at radius 1 is 0.938 bits per heavy atom. The van der Waals surface area contributed by atoms with Crippen LogP contribution in [0.15, 0.2) is 12.1 Å². The van der Waals surface area contributed by atoms with Gasteiger partial charge in [0.05, 0.1) is 0 Å². The van der Waals surface area contributed by atoms with Gasteiger partial charge in [-0.25, -0.2) is 0 Å². The average Bonchev–Trinajstić information content (AvgIpc) is 2.54. The maximum atomic E-state index is 12.0. The van der Waals surface area contributed by atoms with Crippen molar-refractivity contribution in [2.75, 3.05) is 6.54 Å². The highest BCUT2D eigenvalue weighted by Crippen LogP contribution is 2.28. The van der Waals surface area contributed by atoms with Crippen molar-refractivity contribution in [3.8, 4) is 0 Å². The summed E-state index contributed by atoms with van der Waals surface area (Å²) in [5.74, 6) is 0.153. The number of fused-ring (bicyclic) bond motifs is 3. The van der Waals surface area contributed by atoms with Crippen LogP contribution in [-0.4, -0.2) is 12.5 Å². The minimum Gasteiger partial charge on any atom is -0.352 e. The fourth-order valence-electron chi connectivity index (χ4n) is 2.94. The van der Waals surface area contributed by atoms with Gasteiger partial charge in [0.1, 0.15) is 0 Å². The van der Waals surface area contributed by atoms with Crippen LogP contribution < -0.4 is 5.32 Å². The maximum absolute atomic E-state index is 12.0. The second-order valence-corrected chi connectivity index (χ2v) is 4.80. The highest BCUT2D eigenvalue weighted by atomic mass is 16.1. The summed E-state index contributed by atoms with van der Waals surface area (Å²) in [5.41, 5.74) is 5.01. The highest BCUT2D eigenvalue weighted by Gasteiger charge is 2.23. The molecule has 0 saturated carbocycles. The molecule has 2 aliphatic rings. The number of rotatable bonds is 0. The summed E-state index contributed by atoms with van der Waals surface area (Å²) in [5, 5.41) is 2.97. The van der Waals surface area contributed by atoms with Gasteiger partial charge in [0, 0.05) is 12.1 Å². The summed E-state index contributed by atoms with van der Waals surface area (Å²) in [6.45, 7) is 0.796. The molecule has 1 aliphatic heterocycles. The van der Waals surface area contributed by atoms with Crippen molar-refractivity contribution in [3.63, 3.8) is 0 Å². The first-order valence-corrected chi connectivity index (χ1v) is 6.28. The van der Waals surface area contributed by atoms with Gasteiger partial charge in [0.15, 0.2) is 0 Å². The third-order valence-corrected chi connectivity index (χ3v) is 3.78. The third kappa shape index (κ3) is 1.53. The predicted molar refractivity (Wildman–Crippen MR) is 63.7 cm³/mol. The number of hydrogen-bond donors (Lipinski definition) is 1. The van der Waals surface area contributed by atoms with Crippen LogP contribution in [0.25, 0.3) is 0 Å². The Bertz CT molecular complexity index is 437. The molecule has 84 valence electrons. The topological polar surface area (TPSA) is 29.1 Å². The molecular formula is C14H17NO. The molecule has 2 nitrogen and oxygen atoms in total. The van der Waals surface area contributed by atoms with Crippen molar-refractivity contribution in [2.24, 2.45) is 0 Å². The number of aryl methyl sites for hydroxylation is 1. The first-order valence-electron chi connectivity index (χ1n) is 6.28. The van der Waals surface area contributed by atoms with E-state index in [4.69, 9.17) is 0 Å². The summed E-state index contributed by atoms with van der Waals surface area (Å²) in [6.07, 6.45) is 7.03. The molecule has 0 bridgehead atoms. The van der Waals surface area contributed by atoms with Gasteiger partial charge in [0.25, 0.3) is 5.91 Å². The summed E-state index contributed by atoms with van der Waals surface area (Å²) in [4.78, 5) is 12.0. The number of amides is 1. The third-order valence-electron chi connectivity index (χ3n) is 3.78. The maximum Gasteiger partial charge on any atom is 0.251 e. The van der Waals surface area contributed by atoms with Gasteiger partial charge in [-0.1, -0.05) is 18.6 Å². The van der Waals surface area contributed by atoms with E-state index in [1.807, 2.05) is 0 Å². The monoisotopic (exact) mass is 215 g/mol. The zero-order valence-electron chi connectivity index (χ0n) is 9.51. The van der Waals surface area contributed by atoms with Crippen LogP contribution in [0.4, 0.5) is 0 Å². The molecule has 1 aliphatic carbocycles. The molecule has 1 heterocycles. The van der Waals surface area contributed by atoms with Crippen molar-refractivity contribution in [3.05, 3.63) is 34.4 Å². The summed E-state index contributed by atoms with van der Waals surface area (Å²) in [6, 6.07) is 4.41. The van der Waals surface area contributed by atoms with Gasteiger partial charge in [-0.05, 0) is 48.8 Å². The zero-order valence-corrected chi connectivity index (χ0v) is 9.51. The molecule has 3 rings (SSSR count). The molecular weight excluding hydrogens is 198 g/mol. The number of hydrogen-bond acceptors (Lipinski definition) is 1. The Labute approximate surface area is 96.1 Å². The number of carbonyl (C=O) groups excluding carboxylic acids is 1. The molecule has 1 aromatic carbocycles. The molecule has 1 amide bonds.